The van der Waals surface area contributed by atoms with Crippen LogP contribution in [0.15, 0.2) is 103 Å². The molecule has 4 rings (SSSR count). The first kappa shape index (κ1) is 27.4. The molecule has 194 valence electrons. The highest BCUT2D eigenvalue weighted by molar-refractivity contribution is 6.45. The summed E-state index contributed by atoms with van der Waals surface area (Å²) in [4.78, 5) is 0. The van der Waals surface area contributed by atoms with E-state index in [-0.39, 0.29) is 19.3 Å². The second kappa shape index (κ2) is 12.7. The maximum Gasteiger partial charge on any atom is 0.461 e. The fourth-order valence-corrected chi connectivity index (χ4v) is 5.25. The topological polar surface area (TPSA) is 27.7 Å². The summed E-state index contributed by atoms with van der Waals surface area (Å²) < 4.78 is 19.5. The molecule has 0 saturated carbocycles. The van der Waals surface area contributed by atoms with Crippen molar-refractivity contribution >= 4 is 7.12 Å². The molecule has 1 aliphatic heterocycles. The maximum atomic E-state index is 6.92. The zero-order valence-electron chi connectivity index (χ0n) is 23.0. The van der Waals surface area contributed by atoms with E-state index in [0.717, 1.165) is 29.4 Å². The highest BCUT2D eigenvalue weighted by Gasteiger charge is 2.41. The molecule has 4 heteroatoms. The van der Waals surface area contributed by atoms with Gasteiger partial charge in [-0.25, -0.2) is 0 Å². The van der Waals surface area contributed by atoms with Crippen molar-refractivity contribution in [3.63, 3.8) is 0 Å². The maximum absolute atomic E-state index is 6.92. The minimum absolute atomic E-state index is 0.158. The quantitative estimate of drug-likeness (QED) is 0.153. The Bertz CT molecular complexity index is 999. The van der Waals surface area contributed by atoms with Crippen molar-refractivity contribution in [1.29, 1.82) is 0 Å². The molecular formula is C33H41BO3. The van der Waals surface area contributed by atoms with Gasteiger partial charge in [0.05, 0.1) is 18.8 Å². The Morgan fingerprint density at radius 2 is 1.16 bits per heavy atom. The van der Waals surface area contributed by atoms with Gasteiger partial charge in [-0.15, -0.1) is 0 Å². The van der Waals surface area contributed by atoms with Gasteiger partial charge in [-0.2, -0.15) is 0 Å². The lowest BCUT2D eigenvalue weighted by atomic mass is 9.80. The van der Waals surface area contributed by atoms with E-state index < -0.39 is 5.60 Å². The van der Waals surface area contributed by atoms with Crippen molar-refractivity contribution in [2.75, 3.05) is 6.61 Å². The molecule has 1 saturated heterocycles. The molecule has 1 fully saturated rings. The van der Waals surface area contributed by atoms with Crippen molar-refractivity contribution < 1.29 is 14.0 Å². The van der Waals surface area contributed by atoms with Gasteiger partial charge in [0.1, 0.15) is 5.60 Å². The van der Waals surface area contributed by atoms with Gasteiger partial charge in [0, 0.05) is 6.32 Å². The molecule has 3 nitrogen and oxygen atoms in total. The molecule has 3 aromatic rings. The molecule has 1 aliphatic rings. The van der Waals surface area contributed by atoms with Crippen LogP contribution < -0.4 is 0 Å². The Morgan fingerprint density at radius 1 is 0.757 bits per heavy atom. The van der Waals surface area contributed by atoms with Crippen molar-refractivity contribution in [2.24, 2.45) is 11.8 Å². The van der Waals surface area contributed by atoms with E-state index in [1.807, 2.05) is 0 Å². The van der Waals surface area contributed by atoms with Crippen molar-refractivity contribution in [3.8, 4) is 0 Å². The molecule has 0 aromatic heterocycles. The summed E-state index contributed by atoms with van der Waals surface area (Å²) in [6.07, 6.45) is 4.17. The zero-order chi connectivity index (χ0) is 26.3. The normalized spacial score (nSPS) is 18.7. The third-order valence-electron chi connectivity index (χ3n) is 7.27. The van der Waals surface area contributed by atoms with Crippen LogP contribution in [0.4, 0.5) is 0 Å². The third kappa shape index (κ3) is 6.44. The Hall–Kier alpha value is -2.66. The summed E-state index contributed by atoms with van der Waals surface area (Å²) in [6.45, 7) is 11.6. The fourth-order valence-electron chi connectivity index (χ4n) is 5.25. The van der Waals surface area contributed by atoms with Crippen LogP contribution in [0.3, 0.4) is 0 Å². The van der Waals surface area contributed by atoms with Gasteiger partial charge in [0.15, 0.2) is 0 Å². The number of hydrogen-bond donors (Lipinski definition) is 0. The predicted molar refractivity (Wildman–Crippen MR) is 154 cm³/mol. The van der Waals surface area contributed by atoms with E-state index in [1.54, 1.807) is 0 Å². The lowest BCUT2D eigenvalue weighted by molar-refractivity contribution is 0.0148. The van der Waals surface area contributed by atoms with Gasteiger partial charge in [-0.05, 0) is 41.9 Å². The molecule has 37 heavy (non-hydrogen) atoms. The van der Waals surface area contributed by atoms with Gasteiger partial charge in [-0.3, -0.25) is 0 Å². The molecule has 3 aromatic carbocycles. The Kier molecular flexibility index (Phi) is 9.42. The number of allylic oxidation sites excluding steroid dienone is 1. The third-order valence-corrected chi connectivity index (χ3v) is 7.27. The van der Waals surface area contributed by atoms with Gasteiger partial charge >= 0.3 is 7.12 Å². The molecule has 0 unspecified atom stereocenters. The molecule has 0 N–H and O–H groups in total. The molecule has 0 bridgehead atoms. The molecule has 0 radical (unpaired) electrons. The zero-order valence-corrected chi connectivity index (χ0v) is 23.0. The van der Waals surface area contributed by atoms with Crippen LogP contribution in [-0.4, -0.2) is 25.9 Å². The monoisotopic (exact) mass is 496 g/mol. The van der Waals surface area contributed by atoms with Crippen molar-refractivity contribution in [2.45, 2.75) is 65.2 Å². The highest BCUT2D eigenvalue weighted by Crippen LogP contribution is 2.40. The molecule has 0 amide bonds. The molecule has 2 atom stereocenters. The number of benzene rings is 3. The molecule has 1 heterocycles. The lowest BCUT2D eigenvalue weighted by Crippen LogP contribution is -2.33. The van der Waals surface area contributed by atoms with E-state index in [1.165, 1.54) is 5.57 Å². The van der Waals surface area contributed by atoms with Crippen LogP contribution in [0, 0.1) is 11.8 Å². The number of rotatable bonds is 11. The van der Waals surface area contributed by atoms with Gasteiger partial charge in [0.2, 0.25) is 0 Å². The van der Waals surface area contributed by atoms with Gasteiger partial charge in [-0.1, -0.05) is 130 Å². The first-order valence-electron chi connectivity index (χ1n) is 13.7. The smallest absolute Gasteiger partial charge is 0.405 e. The fraction of sp³-hybridized carbons (Fsp3) is 0.394. The molecular weight excluding hydrogens is 455 g/mol. The SMILES string of the molecule is C/C(=C/CB1O[C@@H](C(C)C)[C@H](C(C)C)O1)CCOC(c1ccccc1)(c1ccccc1)c1ccccc1. The number of hydrogen-bond acceptors (Lipinski definition) is 3. The van der Waals surface area contributed by atoms with Crippen molar-refractivity contribution in [3.05, 3.63) is 119 Å². The Labute approximate surface area is 224 Å². The lowest BCUT2D eigenvalue weighted by Gasteiger charge is -2.36. The summed E-state index contributed by atoms with van der Waals surface area (Å²) in [5.41, 5.74) is 3.98. The standard InChI is InChI=1S/C33H41BO3/c1-25(2)31-32(26(3)4)37-34(36-31)23-21-27(5)22-24-35-33(28-15-9-6-10-16-28,29-17-11-7-12-18-29)30-19-13-8-14-20-30/h6-21,25-26,31-32H,22-24H2,1-5H3/b27-21-/t31-,32-/m0/s1. The first-order valence-corrected chi connectivity index (χ1v) is 13.7. The Balaban J connectivity index is 1.51. The summed E-state index contributed by atoms with van der Waals surface area (Å²) in [7, 11) is -0.173. The van der Waals surface area contributed by atoms with Crippen LogP contribution >= 0.6 is 0 Å². The van der Waals surface area contributed by atoms with Crippen molar-refractivity contribution in [1.82, 2.24) is 0 Å². The van der Waals surface area contributed by atoms with E-state index in [9.17, 15) is 0 Å². The van der Waals surface area contributed by atoms with Crippen LogP contribution in [0.25, 0.3) is 0 Å². The average molecular weight is 497 g/mol. The summed E-state index contributed by atoms with van der Waals surface area (Å²) in [5.74, 6) is 0.885. The summed E-state index contributed by atoms with van der Waals surface area (Å²) >= 11 is 0. The van der Waals surface area contributed by atoms with Crippen LogP contribution in [0.5, 0.6) is 0 Å². The highest BCUT2D eigenvalue weighted by atomic mass is 16.7. The first-order chi connectivity index (χ1) is 17.9. The van der Waals surface area contributed by atoms with Crippen LogP contribution in [0.1, 0.15) is 57.7 Å². The van der Waals surface area contributed by atoms with E-state index in [4.69, 9.17) is 14.0 Å². The van der Waals surface area contributed by atoms with Crippen LogP contribution in [-0.2, 0) is 19.6 Å². The van der Waals surface area contributed by atoms with Gasteiger partial charge < -0.3 is 14.0 Å². The van der Waals surface area contributed by atoms with E-state index in [0.29, 0.717) is 18.4 Å². The second-order valence-corrected chi connectivity index (χ2v) is 10.8. The molecule has 0 aliphatic carbocycles. The predicted octanol–water partition coefficient (Wildman–Crippen LogP) is 7.92. The summed E-state index contributed by atoms with van der Waals surface area (Å²) in [5, 5.41) is 0. The van der Waals surface area contributed by atoms with Crippen LogP contribution in [0.2, 0.25) is 6.32 Å². The Morgan fingerprint density at radius 3 is 1.54 bits per heavy atom. The average Bonchev–Trinajstić information content (AvgIpc) is 3.37. The minimum Gasteiger partial charge on any atom is -0.405 e. The minimum atomic E-state index is -0.684. The number of ether oxygens (including phenoxy) is 1. The van der Waals surface area contributed by atoms with E-state index in [2.05, 4.69) is 132 Å². The van der Waals surface area contributed by atoms with Gasteiger partial charge in [0.25, 0.3) is 0 Å². The second-order valence-electron chi connectivity index (χ2n) is 10.8. The van der Waals surface area contributed by atoms with E-state index >= 15 is 0 Å². The molecule has 0 spiro atoms. The summed E-state index contributed by atoms with van der Waals surface area (Å²) in [6, 6.07) is 31.6. The largest absolute Gasteiger partial charge is 0.461 e.